The van der Waals surface area contributed by atoms with Crippen LogP contribution in [-0.4, -0.2) is 23.4 Å². The Kier molecular flexibility index (Phi) is 4.52. The quantitative estimate of drug-likeness (QED) is 0.868. The van der Waals surface area contributed by atoms with E-state index in [1.165, 1.54) is 6.07 Å². The van der Waals surface area contributed by atoms with Crippen LogP contribution in [0.4, 0.5) is 4.39 Å². The van der Waals surface area contributed by atoms with Crippen molar-refractivity contribution in [3.05, 3.63) is 65.0 Å². The van der Waals surface area contributed by atoms with E-state index in [0.717, 1.165) is 11.0 Å². The molecule has 2 aromatic rings. The average Bonchev–Trinajstić information content (AvgIpc) is 2.77. The van der Waals surface area contributed by atoms with E-state index in [1.54, 1.807) is 24.3 Å². The molecular weight excluding hydrogens is 318 g/mol. The Balaban J connectivity index is 1.82. The molecule has 0 bridgehead atoms. The summed E-state index contributed by atoms with van der Waals surface area (Å²) in [6, 6.07) is 12.0. The molecular formula is C20H24BFO3. The Labute approximate surface area is 148 Å². The van der Waals surface area contributed by atoms with Crippen LogP contribution in [0, 0.1) is 12.7 Å². The molecule has 1 heterocycles. The summed E-state index contributed by atoms with van der Waals surface area (Å²) in [4.78, 5) is 0. The molecule has 2 aromatic carbocycles. The van der Waals surface area contributed by atoms with Crippen LogP contribution in [-0.2, 0) is 9.31 Å². The highest BCUT2D eigenvalue weighted by Gasteiger charge is 2.51. The summed E-state index contributed by atoms with van der Waals surface area (Å²) in [5.41, 5.74) is 1.89. The molecule has 0 saturated carbocycles. The third-order valence-electron chi connectivity index (χ3n) is 5.22. The van der Waals surface area contributed by atoms with Crippen LogP contribution in [0.5, 0.6) is 0 Å². The molecule has 0 amide bonds. The van der Waals surface area contributed by atoms with Crippen LogP contribution < -0.4 is 5.46 Å². The Morgan fingerprint density at radius 1 is 0.960 bits per heavy atom. The average molecular weight is 342 g/mol. The SMILES string of the molecule is Cc1ccc(F)c(C(O)c2ccc(B3OC(C)(C)C(C)(C)O3)cc2)c1. The molecule has 0 aromatic heterocycles. The summed E-state index contributed by atoms with van der Waals surface area (Å²) in [6.45, 7) is 9.89. The Morgan fingerprint density at radius 3 is 2.08 bits per heavy atom. The summed E-state index contributed by atoms with van der Waals surface area (Å²) >= 11 is 0. The molecule has 1 unspecified atom stereocenters. The molecule has 1 saturated heterocycles. The molecule has 1 aliphatic rings. The Morgan fingerprint density at radius 2 is 1.52 bits per heavy atom. The largest absolute Gasteiger partial charge is 0.494 e. The first kappa shape index (κ1) is 18.1. The van der Waals surface area contributed by atoms with Gasteiger partial charge in [0.2, 0.25) is 0 Å². The summed E-state index contributed by atoms with van der Waals surface area (Å²) in [6.07, 6.45) is -1.01. The van der Waals surface area contributed by atoms with E-state index in [0.29, 0.717) is 5.56 Å². The summed E-state index contributed by atoms with van der Waals surface area (Å²) in [5.74, 6) is -0.409. The van der Waals surface area contributed by atoms with Crippen molar-refractivity contribution >= 4 is 12.6 Å². The molecule has 5 heteroatoms. The first-order valence-corrected chi connectivity index (χ1v) is 8.50. The highest BCUT2D eigenvalue weighted by Crippen LogP contribution is 2.36. The lowest BCUT2D eigenvalue weighted by atomic mass is 9.78. The van der Waals surface area contributed by atoms with Crippen LogP contribution >= 0.6 is 0 Å². The first-order chi connectivity index (χ1) is 11.6. The highest BCUT2D eigenvalue weighted by atomic mass is 19.1. The molecule has 1 aliphatic heterocycles. The van der Waals surface area contributed by atoms with Crippen molar-refractivity contribution in [2.45, 2.75) is 51.9 Å². The smallest absolute Gasteiger partial charge is 0.399 e. The van der Waals surface area contributed by atoms with Gasteiger partial charge in [0.05, 0.1) is 11.2 Å². The van der Waals surface area contributed by atoms with Crippen molar-refractivity contribution in [1.29, 1.82) is 0 Å². The first-order valence-electron chi connectivity index (χ1n) is 8.50. The molecule has 0 spiro atoms. The zero-order valence-electron chi connectivity index (χ0n) is 15.3. The number of rotatable bonds is 3. The van der Waals surface area contributed by atoms with E-state index in [9.17, 15) is 9.50 Å². The van der Waals surface area contributed by atoms with Gasteiger partial charge in [-0.3, -0.25) is 0 Å². The Bertz CT molecular complexity index is 755. The fraction of sp³-hybridized carbons (Fsp3) is 0.400. The predicted octanol–water partition coefficient (Wildman–Crippen LogP) is 3.52. The van der Waals surface area contributed by atoms with Crippen molar-refractivity contribution < 1.29 is 18.8 Å². The van der Waals surface area contributed by atoms with Gasteiger partial charge in [0.25, 0.3) is 0 Å². The van der Waals surface area contributed by atoms with E-state index in [-0.39, 0.29) is 5.56 Å². The van der Waals surface area contributed by atoms with Crippen molar-refractivity contribution in [3.8, 4) is 0 Å². The molecule has 1 atom stereocenters. The maximum absolute atomic E-state index is 14.0. The van der Waals surface area contributed by atoms with Crippen LogP contribution in [0.15, 0.2) is 42.5 Å². The molecule has 1 fully saturated rings. The van der Waals surface area contributed by atoms with Gasteiger partial charge in [-0.15, -0.1) is 0 Å². The normalized spacial score (nSPS) is 19.9. The van der Waals surface area contributed by atoms with Crippen LogP contribution in [0.25, 0.3) is 0 Å². The lowest BCUT2D eigenvalue weighted by Gasteiger charge is -2.32. The number of aliphatic hydroxyl groups excluding tert-OH is 1. The minimum absolute atomic E-state index is 0.281. The highest BCUT2D eigenvalue weighted by molar-refractivity contribution is 6.62. The van der Waals surface area contributed by atoms with Gasteiger partial charge in [0.15, 0.2) is 0 Å². The second-order valence-corrected chi connectivity index (χ2v) is 7.68. The van der Waals surface area contributed by atoms with E-state index in [4.69, 9.17) is 9.31 Å². The lowest BCUT2D eigenvalue weighted by Crippen LogP contribution is -2.41. The van der Waals surface area contributed by atoms with Gasteiger partial charge in [0.1, 0.15) is 11.9 Å². The number of aryl methyl sites for hydroxylation is 1. The number of hydrogen-bond donors (Lipinski definition) is 1. The summed E-state index contributed by atoms with van der Waals surface area (Å²) < 4.78 is 26.1. The van der Waals surface area contributed by atoms with Crippen LogP contribution in [0.3, 0.4) is 0 Å². The summed E-state index contributed by atoms with van der Waals surface area (Å²) in [5, 5.41) is 10.5. The van der Waals surface area contributed by atoms with E-state index in [2.05, 4.69) is 0 Å². The van der Waals surface area contributed by atoms with E-state index < -0.39 is 30.2 Å². The monoisotopic (exact) mass is 342 g/mol. The van der Waals surface area contributed by atoms with Crippen molar-refractivity contribution in [3.63, 3.8) is 0 Å². The molecule has 0 radical (unpaired) electrons. The number of hydrogen-bond acceptors (Lipinski definition) is 3. The van der Waals surface area contributed by atoms with Gasteiger partial charge in [-0.05, 0) is 51.7 Å². The third kappa shape index (κ3) is 3.36. The van der Waals surface area contributed by atoms with Crippen molar-refractivity contribution in [2.75, 3.05) is 0 Å². The summed E-state index contributed by atoms with van der Waals surface area (Å²) in [7, 11) is -0.452. The number of benzene rings is 2. The van der Waals surface area contributed by atoms with Gasteiger partial charge in [-0.1, -0.05) is 42.0 Å². The zero-order chi connectivity index (χ0) is 18.4. The molecule has 3 nitrogen and oxygen atoms in total. The van der Waals surface area contributed by atoms with Gasteiger partial charge in [-0.2, -0.15) is 0 Å². The molecule has 132 valence electrons. The second-order valence-electron chi connectivity index (χ2n) is 7.68. The zero-order valence-corrected chi connectivity index (χ0v) is 15.3. The molecule has 3 rings (SSSR count). The molecule has 1 N–H and O–H groups in total. The van der Waals surface area contributed by atoms with Crippen molar-refractivity contribution in [2.24, 2.45) is 0 Å². The molecule has 25 heavy (non-hydrogen) atoms. The second kappa shape index (κ2) is 6.24. The fourth-order valence-electron chi connectivity index (χ4n) is 2.87. The maximum Gasteiger partial charge on any atom is 0.494 e. The fourth-order valence-corrected chi connectivity index (χ4v) is 2.87. The van der Waals surface area contributed by atoms with Gasteiger partial charge in [-0.25, -0.2) is 4.39 Å². The van der Waals surface area contributed by atoms with E-state index >= 15 is 0 Å². The van der Waals surface area contributed by atoms with Crippen molar-refractivity contribution in [1.82, 2.24) is 0 Å². The van der Waals surface area contributed by atoms with Gasteiger partial charge < -0.3 is 14.4 Å². The van der Waals surface area contributed by atoms with Crippen LogP contribution in [0.1, 0.15) is 50.5 Å². The lowest BCUT2D eigenvalue weighted by molar-refractivity contribution is 0.00578. The van der Waals surface area contributed by atoms with Crippen LogP contribution in [0.2, 0.25) is 0 Å². The number of aliphatic hydroxyl groups is 1. The molecule has 0 aliphatic carbocycles. The minimum atomic E-state index is -1.01. The minimum Gasteiger partial charge on any atom is -0.399 e. The van der Waals surface area contributed by atoms with E-state index in [1.807, 2.05) is 46.8 Å². The van der Waals surface area contributed by atoms with Gasteiger partial charge >= 0.3 is 7.12 Å². The number of halogens is 1. The standard InChI is InChI=1S/C20H24BFO3/c1-13-6-11-17(22)16(12-13)18(23)14-7-9-15(10-8-14)21-24-19(2,3)20(4,5)25-21/h6-12,18,23H,1-5H3. The topological polar surface area (TPSA) is 38.7 Å². The van der Waals surface area contributed by atoms with Gasteiger partial charge in [0, 0.05) is 5.56 Å². The third-order valence-corrected chi connectivity index (χ3v) is 5.22. The predicted molar refractivity (Wildman–Crippen MR) is 97.4 cm³/mol. The Hall–Kier alpha value is -1.69. The maximum atomic E-state index is 14.0.